The van der Waals surface area contributed by atoms with Crippen molar-refractivity contribution in [3.8, 4) is 5.75 Å². The number of anilines is 1. The van der Waals surface area contributed by atoms with E-state index in [1.807, 2.05) is 53.6 Å². The topological polar surface area (TPSA) is 46.5 Å². The Morgan fingerprint density at radius 3 is 2.69 bits per heavy atom. The maximum atomic E-state index is 13.6. The Kier molecular flexibility index (Phi) is 7.10. The summed E-state index contributed by atoms with van der Waals surface area (Å²) in [5, 5.41) is 3.05. The van der Waals surface area contributed by atoms with Crippen LogP contribution in [-0.2, 0) is 13.1 Å². The van der Waals surface area contributed by atoms with E-state index < -0.39 is 0 Å². The van der Waals surface area contributed by atoms with Crippen LogP contribution in [0, 0.1) is 5.82 Å². The van der Waals surface area contributed by atoms with Crippen molar-refractivity contribution in [2.24, 2.45) is 0 Å². The van der Waals surface area contributed by atoms with Gasteiger partial charge in [0.05, 0.1) is 13.7 Å². The van der Waals surface area contributed by atoms with E-state index in [1.165, 1.54) is 12.5 Å². The van der Waals surface area contributed by atoms with Gasteiger partial charge in [-0.3, -0.25) is 0 Å². The fourth-order valence-electron chi connectivity index (χ4n) is 4.41. The number of ether oxygens (including phenoxy) is 1. The predicted molar refractivity (Wildman–Crippen MR) is 124 cm³/mol. The number of aromatic nitrogens is 1. The Bertz CT molecular complexity index is 1040. The van der Waals surface area contributed by atoms with Crippen LogP contribution >= 0.6 is 0 Å². The van der Waals surface area contributed by atoms with Gasteiger partial charge in [-0.25, -0.2) is 9.18 Å². The monoisotopic (exact) mass is 435 g/mol. The van der Waals surface area contributed by atoms with E-state index in [9.17, 15) is 9.18 Å². The van der Waals surface area contributed by atoms with Crippen molar-refractivity contribution < 1.29 is 13.9 Å². The number of hydrogen-bond donors (Lipinski definition) is 1. The van der Waals surface area contributed by atoms with Crippen LogP contribution in [0.1, 0.15) is 43.4 Å². The summed E-state index contributed by atoms with van der Waals surface area (Å²) in [5.41, 5.74) is 2.64. The quantitative estimate of drug-likeness (QED) is 0.491. The molecule has 1 fully saturated rings. The van der Waals surface area contributed by atoms with Crippen LogP contribution in [0.15, 0.2) is 66.9 Å². The third kappa shape index (κ3) is 5.49. The molecule has 5 nitrogen and oxygen atoms in total. The standard InChI is InChI=1S/C26H30FN3O2/c1-32-25-14-6-10-22(17-25)28-26(31)30(23-11-3-2-4-12-23)19-24-13-7-15-29(24)18-20-8-5-9-21(27)16-20/h5-10,13-17,23H,2-4,11-12,18-19H2,1H3,(H,28,31). The second kappa shape index (κ2) is 10.4. The maximum absolute atomic E-state index is 13.6. The fraction of sp³-hybridized carbons (Fsp3) is 0.346. The fourth-order valence-corrected chi connectivity index (χ4v) is 4.41. The first kappa shape index (κ1) is 21.9. The van der Waals surface area contributed by atoms with Gasteiger partial charge in [0.1, 0.15) is 11.6 Å². The number of nitrogens with one attached hydrogen (secondary N) is 1. The predicted octanol–water partition coefficient (Wildman–Crippen LogP) is 6.05. The molecule has 1 heterocycles. The SMILES string of the molecule is COc1cccc(NC(=O)N(Cc2cccn2Cc2cccc(F)c2)C2CCCCC2)c1. The molecule has 0 spiro atoms. The highest BCUT2D eigenvalue weighted by Gasteiger charge is 2.26. The average Bonchev–Trinajstić information content (AvgIpc) is 3.24. The summed E-state index contributed by atoms with van der Waals surface area (Å²) in [6, 6.07) is 18.2. The molecular weight excluding hydrogens is 405 g/mol. The molecule has 0 radical (unpaired) electrons. The highest BCUT2D eigenvalue weighted by molar-refractivity contribution is 5.89. The largest absolute Gasteiger partial charge is 0.497 e. The summed E-state index contributed by atoms with van der Waals surface area (Å²) in [4.78, 5) is 15.3. The minimum atomic E-state index is -0.238. The zero-order chi connectivity index (χ0) is 22.3. The van der Waals surface area contributed by atoms with Gasteiger partial charge >= 0.3 is 6.03 Å². The molecule has 1 aliphatic rings. The van der Waals surface area contributed by atoms with E-state index in [4.69, 9.17) is 4.74 Å². The van der Waals surface area contributed by atoms with Crippen molar-refractivity contribution in [3.05, 3.63) is 83.9 Å². The van der Waals surface area contributed by atoms with Gasteiger partial charge in [-0.05, 0) is 54.8 Å². The molecule has 2 aromatic carbocycles. The number of halogens is 1. The lowest BCUT2D eigenvalue weighted by Crippen LogP contribution is -2.43. The molecule has 1 aromatic heterocycles. The second-order valence-electron chi connectivity index (χ2n) is 8.34. The molecule has 4 rings (SSSR count). The van der Waals surface area contributed by atoms with Crippen LogP contribution in [0.2, 0.25) is 0 Å². The lowest BCUT2D eigenvalue weighted by Gasteiger charge is -2.34. The number of urea groups is 1. The number of rotatable bonds is 7. The number of nitrogens with zero attached hydrogens (tertiary/aromatic N) is 2. The van der Waals surface area contributed by atoms with E-state index in [0.29, 0.717) is 24.5 Å². The smallest absolute Gasteiger partial charge is 0.322 e. The molecule has 1 N–H and O–H groups in total. The minimum absolute atomic E-state index is 0.108. The summed E-state index contributed by atoms with van der Waals surface area (Å²) in [5.74, 6) is 0.466. The van der Waals surface area contributed by atoms with Crippen molar-refractivity contribution in [1.82, 2.24) is 9.47 Å². The Morgan fingerprint density at radius 1 is 1.09 bits per heavy atom. The molecular formula is C26H30FN3O2. The Morgan fingerprint density at radius 2 is 1.91 bits per heavy atom. The van der Waals surface area contributed by atoms with E-state index in [0.717, 1.165) is 36.9 Å². The third-order valence-corrected chi connectivity index (χ3v) is 6.10. The molecule has 0 aliphatic heterocycles. The molecule has 2 amide bonds. The van der Waals surface area contributed by atoms with Crippen molar-refractivity contribution in [2.45, 2.75) is 51.2 Å². The van der Waals surface area contributed by atoms with Crippen LogP contribution in [0.5, 0.6) is 5.75 Å². The summed E-state index contributed by atoms with van der Waals surface area (Å²) in [6.07, 6.45) is 7.50. The first-order chi connectivity index (χ1) is 15.6. The van der Waals surface area contributed by atoms with Gasteiger partial charge in [-0.2, -0.15) is 0 Å². The number of carbonyl (C=O) groups excluding carboxylic acids is 1. The lowest BCUT2D eigenvalue weighted by atomic mass is 9.94. The number of amides is 2. The highest BCUT2D eigenvalue weighted by atomic mass is 19.1. The molecule has 3 aromatic rings. The van der Waals surface area contributed by atoms with Crippen molar-refractivity contribution in [2.75, 3.05) is 12.4 Å². The zero-order valence-corrected chi connectivity index (χ0v) is 18.5. The van der Waals surface area contributed by atoms with E-state index in [-0.39, 0.29) is 17.9 Å². The number of methoxy groups -OCH3 is 1. The molecule has 0 saturated heterocycles. The molecule has 6 heteroatoms. The molecule has 0 atom stereocenters. The normalized spacial score (nSPS) is 14.2. The molecule has 1 saturated carbocycles. The molecule has 0 unspecified atom stereocenters. The van der Waals surface area contributed by atoms with Crippen molar-refractivity contribution >= 4 is 11.7 Å². The first-order valence-corrected chi connectivity index (χ1v) is 11.2. The van der Waals surface area contributed by atoms with E-state index in [2.05, 4.69) is 9.88 Å². The van der Waals surface area contributed by atoms with Crippen LogP contribution < -0.4 is 10.1 Å². The summed E-state index contributed by atoms with van der Waals surface area (Å²) in [7, 11) is 1.61. The van der Waals surface area contributed by atoms with E-state index in [1.54, 1.807) is 19.2 Å². The Balaban J connectivity index is 1.53. The highest BCUT2D eigenvalue weighted by Crippen LogP contribution is 2.26. The minimum Gasteiger partial charge on any atom is -0.497 e. The molecule has 1 aliphatic carbocycles. The van der Waals surface area contributed by atoms with Gasteiger partial charge in [0.2, 0.25) is 0 Å². The summed E-state index contributed by atoms with van der Waals surface area (Å²) in [6.45, 7) is 1.07. The van der Waals surface area contributed by atoms with Crippen molar-refractivity contribution in [1.29, 1.82) is 0 Å². The molecule has 0 bridgehead atoms. The summed E-state index contributed by atoms with van der Waals surface area (Å²) < 4.78 is 21.0. The Labute approximate surface area is 188 Å². The lowest BCUT2D eigenvalue weighted by molar-refractivity contribution is 0.161. The first-order valence-electron chi connectivity index (χ1n) is 11.2. The summed E-state index contributed by atoms with van der Waals surface area (Å²) >= 11 is 0. The molecule has 168 valence electrons. The van der Waals surface area contributed by atoms with Crippen LogP contribution in [-0.4, -0.2) is 28.6 Å². The van der Waals surface area contributed by atoms with Gasteiger partial charge < -0.3 is 19.5 Å². The van der Waals surface area contributed by atoms with E-state index >= 15 is 0 Å². The number of hydrogen-bond acceptors (Lipinski definition) is 2. The third-order valence-electron chi connectivity index (χ3n) is 6.10. The number of carbonyl (C=O) groups is 1. The van der Waals surface area contributed by atoms with Crippen molar-refractivity contribution in [3.63, 3.8) is 0 Å². The van der Waals surface area contributed by atoms with Crippen LogP contribution in [0.25, 0.3) is 0 Å². The maximum Gasteiger partial charge on any atom is 0.322 e. The van der Waals surface area contributed by atoms with Crippen LogP contribution in [0.3, 0.4) is 0 Å². The zero-order valence-electron chi connectivity index (χ0n) is 18.5. The average molecular weight is 436 g/mol. The second-order valence-corrected chi connectivity index (χ2v) is 8.34. The van der Waals surface area contributed by atoms with Gasteiger partial charge in [-0.1, -0.05) is 37.5 Å². The number of benzene rings is 2. The Hall–Kier alpha value is -3.28. The van der Waals surface area contributed by atoms with Crippen LogP contribution in [0.4, 0.5) is 14.9 Å². The molecule has 32 heavy (non-hydrogen) atoms. The van der Waals surface area contributed by atoms with Gasteiger partial charge in [-0.15, -0.1) is 0 Å². The van der Waals surface area contributed by atoms with Gasteiger partial charge in [0.25, 0.3) is 0 Å². The van der Waals surface area contributed by atoms with Gasteiger partial charge in [0.15, 0.2) is 0 Å². The van der Waals surface area contributed by atoms with Gasteiger partial charge in [0, 0.05) is 36.2 Å².